The highest BCUT2D eigenvalue weighted by atomic mass is 35.5. The van der Waals surface area contributed by atoms with E-state index in [4.69, 9.17) is 16.3 Å². The Labute approximate surface area is 122 Å². The Kier molecular flexibility index (Phi) is 5.81. The zero-order valence-corrected chi connectivity index (χ0v) is 13.1. The van der Waals surface area contributed by atoms with Crippen molar-refractivity contribution in [1.29, 1.82) is 0 Å². The second-order valence-corrected chi connectivity index (χ2v) is 6.12. The molecule has 8 heteroatoms. The first kappa shape index (κ1) is 16.0. The number of nitrogens with one attached hydrogen (secondary N) is 1. The summed E-state index contributed by atoms with van der Waals surface area (Å²) in [4.78, 5) is 17.4. The number of rotatable bonds is 5. The lowest BCUT2D eigenvalue weighted by Crippen LogP contribution is -2.34. The van der Waals surface area contributed by atoms with Crippen LogP contribution < -0.4 is 10.2 Å². The fraction of sp³-hybridized carbons (Fsp3) is 0.727. The molecule has 0 spiro atoms. The van der Waals surface area contributed by atoms with Gasteiger partial charge in [0.2, 0.25) is 10.4 Å². The molecule has 0 radical (unpaired) electrons. The lowest BCUT2D eigenvalue weighted by molar-refractivity contribution is 0.0527. The molecule has 6 nitrogen and oxygen atoms in total. The molecule has 1 heterocycles. The monoisotopic (exact) mass is 306 g/mol. The van der Waals surface area contributed by atoms with Gasteiger partial charge in [-0.25, -0.2) is 4.79 Å². The third-order valence-electron chi connectivity index (χ3n) is 2.06. The molecule has 0 unspecified atom stereocenters. The summed E-state index contributed by atoms with van der Waals surface area (Å²) in [5, 5.41) is 3.73. The summed E-state index contributed by atoms with van der Waals surface area (Å²) in [6.45, 7) is 6.80. The van der Waals surface area contributed by atoms with E-state index in [1.807, 2.05) is 32.7 Å². The second kappa shape index (κ2) is 6.91. The van der Waals surface area contributed by atoms with Crippen molar-refractivity contribution in [1.82, 2.24) is 14.7 Å². The van der Waals surface area contributed by atoms with Gasteiger partial charge in [-0.15, -0.1) is 0 Å². The van der Waals surface area contributed by atoms with Crippen molar-refractivity contribution in [3.63, 3.8) is 0 Å². The predicted octanol–water partition coefficient (Wildman–Crippen LogP) is 2.54. The van der Waals surface area contributed by atoms with Gasteiger partial charge in [-0.3, -0.25) is 0 Å². The summed E-state index contributed by atoms with van der Waals surface area (Å²) in [5.74, 6) is 0. The Hall–Kier alpha value is -1.08. The van der Waals surface area contributed by atoms with Crippen LogP contribution >= 0.6 is 23.1 Å². The largest absolute Gasteiger partial charge is 0.444 e. The topological polar surface area (TPSA) is 67.4 Å². The number of carbonyl (C=O) groups excluding carboxylic acids is 1. The van der Waals surface area contributed by atoms with Crippen LogP contribution in [0, 0.1) is 0 Å². The summed E-state index contributed by atoms with van der Waals surface area (Å²) in [6.07, 6.45) is 0.390. The van der Waals surface area contributed by atoms with Gasteiger partial charge in [0.1, 0.15) is 5.60 Å². The van der Waals surface area contributed by atoms with Gasteiger partial charge in [-0.2, -0.15) is 9.36 Å². The van der Waals surface area contributed by atoms with E-state index >= 15 is 0 Å². The third kappa shape index (κ3) is 6.58. The summed E-state index contributed by atoms with van der Waals surface area (Å²) in [6, 6.07) is 0. The standard InChI is InChI=1S/C11H19ClN4O2S/c1-11(2,3)18-10(17)13-6-5-7-16(4)9-14-8(12)15-19-9/h5-7H2,1-4H3,(H,13,17). The van der Waals surface area contributed by atoms with Gasteiger partial charge in [0, 0.05) is 31.7 Å². The molecule has 19 heavy (non-hydrogen) atoms. The minimum absolute atomic E-state index is 0.263. The molecule has 0 aliphatic heterocycles. The molecule has 1 aromatic rings. The molecule has 0 aliphatic rings. The van der Waals surface area contributed by atoms with Crippen LogP contribution in [0.25, 0.3) is 0 Å². The molecule has 0 atom stereocenters. The maximum Gasteiger partial charge on any atom is 0.407 e. The Morgan fingerprint density at radius 1 is 1.53 bits per heavy atom. The van der Waals surface area contributed by atoms with Crippen LogP contribution in [0.4, 0.5) is 9.93 Å². The summed E-state index contributed by atoms with van der Waals surface area (Å²) in [5.41, 5.74) is -0.468. The number of amides is 1. The number of anilines is 1. The first-order chi connectivity index (χ1) is 8.78. The van der Waals surface area contributed by atoms with E-state index in [0.29, 0.717) is 6.54 Å². The van der Waals surface area contributed by atoms with E-state index in [9.17, 15) is 4.79 Å². The van der Waals surface area contributed by atoms with Gasteiger partial charge in [-0.05, 0) is 38.8 Å². The highest BCUT2D eigenvalue weighted by Crippen LogP contribution is 2.18. The Bertz CT molecular complexity index is 419. The summed E-state index contributed by atoms with van der Waals surface area (Å²) < 4.78 is 9.03. The average molecular weight is 307 g/mol. The molecule has 0 fully saturated rings. The first-order valence-electron chi connectivity index (χ1n) is 5.95. The Balaban J connectivity index is 2.19. The molecular formula is C11H19ClN4O2S. The fourth-order valence-corrected chi connectivity index (χ4v) is 2.06. The number of ether oxygens (including phenoxy) is 1. The maximum atomic E-state index is 11.4. The molecule has 1 aromatic heterocycles. The van der Waals surface area contributed by atoms with Gasteiger partial charge in [0.15, 0.2) is 0 Å². The number of alkyl carbamates (subject to hydrolysis) is 1. The zero-order chi connectivity index (χ0) is 14.5. The third-order valence-corrected chi connectivity index (χ3v) is 3.16. The van der Waals surface area contributed by atoms with Crippen molar-refractivity contribution < 1.29 is 9.53 Å². The maximum absolute atomic E-state index is 11.4. The van der Waals surface area contributed by atoms with E-state index in [2.05, 4.69) is 14.7 Å². The summed E-state index contributed by atoms with van der Waals surface area (Å²) >= 11 is 6.91. The van der Waals surface area contributed by atoms with E-state index in [-0.39, 0.29) is 5.28 Å². The number of halogens is 1. The second-order valence-electron chi connectivity index (χ2n) is 5.05. The molecule has 0 saturated heterocycles. The summed E-state index contributed by atoms with van der Waals surface area (Å²) in [7, 11) is 1.91. The van der Waals surface area contributed by atoms with Gasteiger partial charge < -0.3 is 15.0 Å². The van der Waals surface area contributed by atoms with Crippen LogP contribution in [-0.2, 0) is 4.74 Å². The molecule has 0 bridgehead atoms. The fourth-order valence-electron chi connectivity index (χ4n) is 1.27. The molecular weight excluding hydrogens is 288 g/mol. The van der Waals surface area contributed by atoms with Crippen molar-refractivity contribution >= 4 is 34.4 Å². The molecule has 1 N–H and O–H groups in total. The number of aromatic nitrogens is 2. The normalized spacial score (nSPS) is 11.2. The van der Waals surface area contributed by atoms with Crippen LogP contribution in [0.1, 0.15) is 27.2 Å². The highest BCUT2D eigenvalue weighted by Gasteiger charge is 2.15. The van der Waals surface area contributed by atoms with Crippen LogP contribution in [-0.4, -0.2) is 41.2 Å². The van der Waals surface area contributed by atoms with Gasteiger partial charge in [-0.1, -0.05) is 0 Å². The van der Waals surface area contributed by atoms with Crippen molar-refractivity contribution in [2.24, 2.45) is 0 Å². The van der Waals surface area contributed by atoms with Crippen molar-refractivity contribution in [2.45, 2.75) is 32.8 Å². The average Bonchev–Trinajstić information content (AvgIpc) is 2.68. The lowest BCUT2D eigenvalue weighted by atomic mass is 10.2. The number of carbonyl (C=O) groups is 1. The first-order valence-corrected chi connectivity index (χ1v) is 7.10. The molecule has 108 valence electrons. The van der Waals surface area contributed by atoms with Crippen LogP contribution in [0.2, 0.25) is 5.28 Å². The smallest absolute Gasteiger partial charge is 0.407 e. The Morgan fingerprint density at radius 2 is 2.21 bits per heavy atom. The quantitative estimate of drug-likeness (QED) is 0.847. The molecule has 0 saturated carbocycles. The zero-order valence-electron chi connectivity index (χ0n) is 11.6. The van der Waals surface area contributed by atoms with Gasteiger partial charge >= 0.3 is 6.09 Å². The molecule has 1 amide bonds. The van der Waals surface area contributed by atoms with Crippen molar-refractivity contribution in [3.05, 3.63) is 5.28 Å². The molecule has 0 aliphatic carbocycles. The van der Waals surface area contributed by atoms with Crippen LogP contribution in [0.15, 0.2) is 0 Å². The van der Waals surface area contributed by atoms with Crippen LogP contribution in [0.3, 0.4) is 0 Å². The van der Waals surface area contributed by atoms with Gasteiger partial charge in [0.25, 0.3) is 0 Å². The van der Waals surface area contributed by atoms with E-state index < -0.39 is 11.7 Å². The lowest BCUT2D eigenvalue weighted by Gasteiger charge is -2.20. The van der Waals surface area contributed by atoms with E-state index in [0.717, 1.165) is 18.1 Å². The minimum atomic E-state index is -0.468. The predicted molar refractivity (Wildman–Crippen MR) is 77.0 cm³/mol. The molecule has 1 rings (SSSR count). The van der Waals surface area contributed by atoms with Gasteiger partial charge in [0.05, 0.1) is 0 Å². The highest BCUT2D eigenvalue weighted by molar-refractivity contribution is 7.09. The van der Waals surface area contributed by atoms with Crippen molar-refractivity contribution in [3.8, 4) is 0 Å². The minimum Gasteiger partial charge on any atom is -0.444 e. The number of hydrogen-bond acceptors (Lipinski definition) is 6. The SMILES string of the molecule is CN(CCCNC(=O)OC(C)(C)C)c1nc(Cl)ns1. The number of nitrogens with zero attached hydrogens (tertiary/aromatic N) is 3. The number of hydrogen-bond donors (Lipinski definition) is 1. The van der Waals surface area contributed by atoms with E-state index in [1.54, 1.807) is 0 Å². The van der Waals surface area contributed by atoms with Crippen molar-refractivity contribution in [2.75, 3.05) is 25.0 Å². The van der Waals surface area contributed by atoms with E-state index in [1.165, 1.54) is 11.5 Å². The Morgan fingerprint density at radius 3 is 2.74 bits per heavy atom. The van der Waals surface area contributed by atoms with Crippen LogP contribution in [0.5, 0.6) is 0 Å². The molecule has 0 aromatic carbocycles.